The van der Waals surface area contributed by atoms with Gasteiger partial charge in [0.25, 0.3) is 0 Å². The molecule has 0 radical (unpaired) electrons. The van der Waals surface area contributed by atoms with Crippen LogP contribution in [0.25, 0.3) is 0 Å². The lowest BCUT2D eigenvalue weighted by molar-refractivity contribution is -0.134. The van der Waals surface area contributed by atoms with E-state index in [9.17, 15) is 4.79 Å². The zero-order chi connectivity index (χ0) is 19.4. The fourth-order valence-corrected chi connectivity index (χ4v) is 4.95. The Labute approximate surface area is 168 Å². The van der Waals surface area contributed by atoms with Crippen molar-refractivity contribution in [2.75, 3.05) is 13.1 Å². The van der Waals surface area contributed by atoms with Gasteiger partial charge in [-0.25, -0.2) is 0 Å². The first-order valence-corrected chi connectivity index (χ1v) is 10.7. The molecule has 4 heteroatoms. The molecule has 1 fully saturated rings. The van der Waals surface area contributed by atoms with E-state index in [0.717, 1.165) is 45.4 Å². The molecule has 1 saturated heterocycles. The molecule has 0 aliphatic carbocycles. The smallest absolute Gasteiger partial charge is 0.222 e. The van der Waals surface area contributed by atoms with Gasteiger partial charge in [0, 0.05) is 44.0 Å². The van der Waals surface area contributed by atoms with Crippen LogP contribution in [0.1, 0.15) is 55.7 Å². The quantitative estimate of drug-likeness (QED) is 0.802. The average molecular weight is 378 g/mol. The van der Waals surface area contributed by atoms with Crippen molar-refractivity contribution in [3.63, 3.8) is 0 Å². The Kier molecular flexibility index (Phi) is 5.77. The number of nitrogens with zero attached hydrogens (tertiary/aromatic N) is 3. The van der Waals surface area contributed by atoms with E-state index in [2.05, 4.69) is 58.1 Å². The maximum absolute atomic E-state index is 13.0. The fourth-order valence-electron chi connectivity index (χ4n) is 4.95. The summed E-state index contributed by atoms with van der Waals surface area (Å²) in [5, 5.41) is 0. The molecule has 2 aliphatic heterocycles. The van der Waals surface area contributed by atoms with Gasteiger partial charge in [-0.1, -0.05) is 37.6 Å². The Morgan fingerprint density at radius 2 is 1.89 bits per heavy atom. The number of fused-ring (bicyclic) bond motifs is 1. The summed E-state index contributed by atoms with van der Waals surface area (Å²) < 4.78 is 0. The molecule has 28 heavy (non-hydrogen) atoms. The largest absolute Gasteiger partial charge is 0.336 e. The minimum Gasteiger partial charge on any atom is -0.336 e. The molecular weight excluding hydrogens is 346 g/mol. The summed E-state index contributed by atoms with van der Waals surface area (Å²) in [5.74, 6) is 0.299. The van der Waals surface area contributed by atoms with E-state index >= 15 is 0 Å². The zero-order valence-electron chi connectivity index (χ0n) is 16.9. The lowest BCUT2D eigenvalue weighted by Gasteiger charge is -2.49. The molecule has 0 bridgehead atoms. The molecule has 4 rings (SSSR count). The van der Waals surface area contributed by atoms with Crippen molar-refractivity contribution in [1.29, 1.82) is 0 Å². The van der Waals surface area contributed by atoms with Gasteiger partial charge >= 0.3 is 0 Å². The first-order valence-electron chi connectivity index (χ1n) is 10.7. The highest BCUT2D eigenvalue weighted by Gasteiger charge is 2.43. The molecule has 0 N–H and O–H groups in total. The van der Waals surface area contributed by atoms with Gasteiger partial charge in [-0.3, -0.25) is 14.7 Å². The van der Waals surface area contributed by atoms with Crippen molar-refractivity contribution in [2.24, 2.45) is 0 Å². The minimum absolute atomic E-state index is 0.0253. The lowest BCUT2D eigenvalue weighted by atomic mass is 9.80. The van der Waals surface area contributed by atoms with Crippen LogP contribution in [0.2, 0.25) is 0 Å². The van der Waals surface area contributed by atoms with Crippen molar-refractivity contribution in [2.45, 2.75) is 64.1 Å². The van der Waals surface area contributed by atoms with E-state index in [-0.39, 0.29) is 5.54 Å². The summed E-state index contributed by atoms with van der Waals surface area (Å²) >= 11 is 0. The molecule has 2 aliphatic rings. The summed E-state index contributed by atoms with van der Waals surface area (Å²) in [4.78, 5) is 21.9. The Bertz CT molecular complexity index is 807. The van der Waals surface area contributed by atoms with Crippen LogP contribution in [0.3, 0.4) is 0 Å². The summed E-state index contributed by atoms with van der Waals surface area (Å²) in [6, 6.07) is 13.0. The molecule has 0 saturated carbocycles. The van der Waals surface area contributed by atoms with E-state index in [1.807, 2.05) is 12.4 Å². The van der Waals surface area contributed by atoms with Crippen LogP contribution in [0.15, 0.2) is 48.8 Å². The van der Waals surface area contributed by atoms with Crippen LogP contribution in [-0.4, -0.2) is 39.3 Å². The van der Waals surface area contributed by atoms with Crippen molar-refractivity contribution >= 4 is 5.91 Å². The maximum Gasteiger partial charge on any atom is 0.222 e. The third-order valence-corrected chi connectivity index (χ3v) is 6.41. The van der Waals surface area contributed by atoms with E-state index < -0.39 is 0 Å². The van der Waals surface area contributed by atoms with Gasteiger partial charge in [0.1, 0.15) is 0 Å². The number of carbonyl (C=O) groups excluding carboxylic acids is 1. The lowest BCUT2D eigenvalue weighted by Crippen LogP contribution is -2.58. The van der Waals surface area contributed by atoms with Gasteiger partial charge in [0.15, 0.2) is 0 Å². The first kappa shape index (κ1) is 19.1. The standard InChI is InChI=1S/C24H31N3O/c1-2-7-23(28)26-18-22-9-4-3-8-21(22)16-24(19-26)12-5-6-15-27(24)17-20-10-13-25-14-11-20/h3-4,8-11,13-14H,2,5-7,12,15-19H2,1H3. The number of pyridine rings is 1. The normalized spacial score (nSPS) is 22.7. The predicted octanol–water partition coefficient (Wildman–Crippen LogP) is 4.19. The van der Waals surface area contributed by atoms with Crippen LogP contribution in [0.4, 0.5) is 0 Å². The van der Waals surface area contributed by atoms with Crippen LogP contribution in [0, 0.1) is 0 Å². The molecule has 1 atom stereocenters. The third-order valence-electron chi connectivity index (χ3n) is 6.41. The number of aromatic nitrogens is 1. The van der Waals surface area contributed by atoms with Gasteiger partial charge in [0.05, 0.1) is 0 Å². The van der Waals surface area contributed by atoms with Crippen molar-refractivity contribution in [3.05, 3.63) is 65.5 Å². The second kappa shape index (κ2) is 8.44. The monoisotopic (exact) mass is 377 g/mol. The topological polar surface area (TPSA) is 36.4 Å². The average Bonchev–Trinajstić information content (AvgIpc) is 2.88. The summed E-state index contributed by atoms with van der Waals surface area (Å²) in [6.07, 6.45) is 9.97. The third kappa shape index (κ3) is 3.97. The molecule has 1 amide bonds. The van der Waals surface area contributed by atoms with Crippen LogP contribution in [-0.2, 0) is 24.3 Å². The van der Waals surface area contributed by atoms with E-state index in [4.69, 9.17) is 0 Å². The van der Waals surface area contributed by atoms with Crippen LogP contribution < -0.4 is 0 Å². The number of piperidine rings is 1. The van der Waals surface area contributed by atoms with Crippen LogP contribution in [0.5, 0.6) is 0 Å². The molecule has 4 nitrogen and oxygen atoms in total. The fraction of sp³-hybridized carbons (Fsp3) is 0.500. The summed E-state index contributed by atoms with van der Waals surface area (Å²) in [7, 11) is 0. The number of hydrogen-bond donors (Lipinski definition) is 0. The highest BCUT2D eigenvalue weighted by atomic mass is 16.2. The number of benzene rings is 1. The maximum atomic E-state index is 13.0. The number of hydrogen-bond acceptors (Lipinski definition) is 3. The van der Waals surface area contributed by atoms with Gasteiger partial charge in [0.2, 0.25) is 5.91 Å². The number of amides is 1. The van der Waals surface area contributed by atoms with Crippen molar-refractivity contribution in [1.82, 2.24) is 14.8 Å². The van der Waals surface area contributed by atoms with Crippen molar-refractivity contribution in [3.8, 4) is 0 Å². The molecule has 2 aromatic rings. The summed E-state index contributed by atoms with van der Waals surface area (Å²) in [5.41, 5.74) is 4.06. The molecule has 1 aromatic carbocycles. The summed E-state index contributed by atoms with van der Waals surface area (Å²) in [6.45, 7) is 5.71. The number of likely N-dealkylation sites (tertiary alicyclic amines) is 1. The predicted molar refractivity (Wildman–Crippen MR) is 112 cm³/mol. The number of carbonyl (C=O) groups is 1. The second-order valence-electron chi connectivity index (χ2n) is 8.40. The van der Waals surface area contributed by atoms with Crippen molar-refractivity contribution < 1.29 is 4.79 Å². The Hall–Kier alpha value is -2.20. The highest BCUT2D eigenvalue weighted by molar-refractivity contribution is 5.76. The van der Waals surface area contributed by atoms with Gasteiger partial charge in [-0.15, -0.1) is 0 Å². The number of rotatable bonds is 4. The molecule has 1 unspecified atom stereocenters. The molecule has 1 aromatic heterocycles. The molecule has 3 heterocycles. The highest BCUT2D eigenvalue weighted by Crippen LogP contribution is 2.37. The Morgan fingerprint density at radius 1 is 1.11 bits per heavy atom. The molecular formula is C24H31N3O. The second-order valence-corrected chi connectivity index (χ2v) is 8.40. The van der Waals surface area contributed by atoms with Gasteiger partial charge < -0.3 is 4.90 Å². The minimum atomic E-state index is 0.0253. The first-order chi connectivity index (χ1) is 13.7. The van der Waals surface area contributed by atoms with Crippen LogP contribution >= 0.6 is 0 Å². The van der Waals surface area contributed by atoms with Gasteiger partial charge in [-0.05, 0) is 61.1 Å². The van der Waals surface area contributed by atoms with Gasteiger partial charge in [-0.2, -0.15) is 0 Å². The Morgan fingerprint density at radius 3 is 2.68 bits per heavy atom. The SMILES string of the molecule is CCCC(=O)N1Cc2ccccc2CC2(CCCCN2Cc2ccncc2)C1. The zero-order valence-corrected chi connectivity index (χ0v) is 16.9. The Balaban J connectivity index is 1.69. The van der Waals surface area contributed by atoms with E-state index in [1.165, 1.54) is 29.5 Å². The van der Waals surface area contributed by atoms with E-state index in [0.29, 0.717) is 12.3 Å². The molecule has 1 spiro atoms. The molecule has 148 valence electrons. The van der Waals surface area contributed by atoms with E-state index in [1.54, 1.807) is 0 Å².